The summed E-state index contributed by atoms with van der Waals surface area (Å²) in [5.74, 6) is 0.355. The Bertz CT molecular complexity index is 2000. The van der Waals surface area contributed by atoms with Crippen LogP contribution in [0.1, 0.15) is 92.4 Å². The Balaban J connectivity index is 0.00000292. The maximum absolute atomic E-state index is 6.52. The molecular formula is C45H52Cl4SiZr. The number of fused-ring (bicyclic) bond motifs is 3. The van der Waals surface area contributed by atoms with E-state index < -0.39 is 27.4 Å². The molecule has 0 N–H and O–H groups in total. The summed E-state index contributed by atoms with van der Waals surface area (Å²) in [7, 11) is -1.63. The van der Waals surface area contributed by atoms with Gasteiger partial charge in [0, 0.05) is 0 Å². The van der Waals surface area contributed by atoms with Gasteiger partial charge in [-0.1, -0.05) is 0 Å². The van der Waals surface area contributed by atoms with E-state index in [0.717, 1.165) is 10.0 Å². The Labute approximate surface area is 335 Å². The van der Waals surface area contributed by atoms with E-state index in [0.29, 0.717) is 5.92 Å². The molecule has 4 aromatic carbocycles. The largest absolute Gasteiger partial charge is 1.00 e. The van der Waals surface area contributed by atoms with Gasteiger partial charge in [-0.15, -0.1) is 0 Å². The van der Waals surface area contributed by atoms with Crippen molar-refractivity contribution >= 4 is 38.7 Å². The van der Waals surface area contributed by atoms with Crippen molar-refractivity contribution in [2.75, 3.05) is 0 Å². The molecule has 0 fully saturated rings. The van der Waals surface area contributed by atoms with Gasteiger partial charge in [-0.2, -0.15) is 0 Å². The summed E-state index contributed by atoms with van der Waals surface area (Å²) >= 11 is 9.01. The molecule has 0 amide bonds. The maximum atomic E-state index is 6.52. The molecule has 2 aliphatic rings. The van der Waals surface area contributed by atoms with Gasteiger partial charge in [0.2, 0.25) is 0 Å². The van der Waals surface area contributed by atoms with Gasteiger partial charge in [-0.25, -0.2) is 0 Å². The average Bonchev–Trinajstić information content (AvgIpc) is 3.51. The van der Waals surface area contributed by atoms with E-state index in [1.165, 1.54) is 44.5 Å². The van der Waals surface area contributed by atoms with Crippen LogP contribution in [0, 0.1) is 5.92 Å². The Morgan fingerprint density at radius 3 is 1.35 bits per heavy atom. The van der Waals surface area contributed by atoms with Gasteiger partial charge in [0.15, 0.2) is 0 Å². The molecule has 0 aromatic heterocycles. The molecule has 4 aromatic rings. The fourth-order valence-corrected chi connectivity index (χ4v) is 24.9. The molecule has 0 saturated heterocycles. The minimum Gasteiger partial charge on any atom is -1.00 e. The zero-order chi connectivity index (χ0) is 35.7. The van der Waals surface area contributed by atoms with Crippen molar-refractivity contribution in [1.82, 2.24) is 0 Å². The third kappa shape index (κ3) is 8.23. The normalized spacial score (nSPS) is 15.5. The molecule has 0 nitrogen and oxygen atoms in total. The van der Waals surface area contributed by atoms with Gasteiger partial charge in [0.1, 0.15) is 0 Å². The van der Waals surface area contributed by atoms with Crippen molar-refractivity contribution in [2.45, 2.75) is 89.5 Å². The number of rotatable bonds is 5. The van der Waals surface area contributed by atoms with E-state index >= 15 is 0 Å². The van der Waals surface area contributed by atoms with Crippen molar-refractivity contribution in [3.63, 3.8) is 0 Å². The molecule has 0 saturated carbocycles. The van der Waals surface area contributed by atoms with E-state index in [2.05, 4.69) is 173 Å². The Hall–Kier alpha value is -1.64. The second-order valence-corrected chi connectivity index (χ2v) is 32.2. The zero-order valence-corrected chi connectivity index (χ0v) is 38.5. The van der Waals surface area contributed by atoms with Crippen LogP contribution in [-0.2, 0) is 30.1 Å². The molecule has 51 heavy (non-hydrogen) atoms. The molecule has 1 unspecified atom stereocenters. The SMILES string of the molecule is CC1=[C]([Zr+2](=[CH]c2ccc(Cl)cc2)(=[CH]c2ccc(Cl)cc2)[CH]2c3cc(C(C)(C)C)ccc3-c3ccc(C(C)(C)C)cc32)C(C)C=C1[Si](C)(C)C.[Cl-].[Cl-]. The molecule has 6 heteroatoms. The summed E-state index contributed by atoms with van der Waals surface area (Å²) < 4.78 is 7.49. The van der Waals surface area contributed by atoms with Crippen LogP contribution >= 0.6 is 23.2 Å². The van der Waals surface area contributed by atoms with E-state index in [4.69, 9.17) is 23.2 Å². The summed E-state index contributed by atoms with van der Waals surface area (Å²) in [5, 5.41) is 3.16. The summed E-state index contributed by atoms with van der Waals surface area (Å²) in [4.78, 5) is 0. The molecule has 6 rings (SSSR count). The van der Waals surface area contributed by atoms with Gasteiger partial charge in [-0.05, 0) is 0 Å². The fourth-order valence-electron chi connectivity index (χ4n) is 8.37. The number of allylic oxidation sites excluding steroid dienone is 4. The van der Waals surface area contributed by atoms with Gasteiger partial charge < -0.3 is 24.8 Å². The van der Waals surface area contributed by atoms with Crippen LogP contribution in [0.2, 0.25) is 29.7 Å². The molecule has 0 spiro atoms. The van der Waals surface area contributed by atoms with E-state index in [9.17, 15) is 0 Å². The summed E-state index contributed by atoms with van der Waals surface area (Å²) in [5.41, 5.74) is 12.7. The molecule has 0 aliphatic heterocycles. The molecule has 268 valence electrons. The van der Waals surface area contributed by atoms with Crippen molar-refractivity contribution in [3.05, 3.63) is 148 Å². The third-order valence-electron chi connectivity index (χ3n) is 10.7. The first-order chi connectivity index (χ1) is 22.8. The minimum absolute atomic E-state index is 0. The molecule has 0 bridgehead atoms. The van der Waals surface area contributed by atoms with Crippen LogP contribution in [0.25, 0.3) is 11.1 Å². The Kier molecular flexibility index (Phi) is 12.6. The van der Waals surface area contributed by atoms with E-state index in [-0.39, 0.29) is 39.3 Å². The van der Waals surface area contributed by atoms with Gasteiger partial charge >= 0.3 is 313 Å². The zero-order valence-electron chi connectivity index (χ0n) is 32.0. The predicted octanol–water partition coefficient (Wildman–Crippen LogP) is 7.25. The molecule has 2 aliphatic carbocycles. The molecule has 0 heterocycles. The maximum Gasteiger partial charge on any atom is -1.00 e. The van der Waals surface area contributed by atoms with Gasteiger partial charge in [0.05, 0.1) is 0 Å². The Morgan fingerprint density at radius 2 is 1.02 bits per heavy atom. The van der Waals surface area contributed by atoms with Crippen molar-refractivity contribution in [2.24, 2.45) is 5.92 Å². The van der Waals surface area contributed by atoms with Crippen LogP contribution in [-0.4, -0.2) is 15.5 Å². The van der Waals surface area contributed by atoms with Gasteiger partial charge in [0.25, 0.3) is 0 Å². The molecular weight excluding hydrogens is 802 g/mol. The fraction of sp³-hybridized carbons (Fsp3) is 0.333. The predicted molar refractivity (Wildman–Crippen MR) is 218 cm³/mol. The first-order valence-corrected chi connectivity index (χ1v) is 27.5. The van der Waals surface area contributed by atoms with Crippen LogP contribution < -0.4 is 24.8 Å². The molecule has 1 atom stereocenters. The van der Waals surface area contributed by atoms with Crippen LogP contribution in [0.15, 0.2) is 105 Å². The second-order valence-electron chi connectivity index (χ2n) is 17.5. The number of halogens is 4. The number of hydrogen-bond acceptors (Lipinski definition) is 0. The summed E-state index contributed by atoms with van der Waals surface area (Å²) in [6.07, 6.45) is 2.64. The summed E-state index contributed by atoms with van der Waals surface area (Å²) in [6, 6.07) is 31.9. The quantitative estimate of drug-likeness (QED) is 0.186. The van der Waals surface area contributed by atoms with Crippen molar-refractivity contribution in [3.8, 4) is 11.1 Å². The minimum atomic E-state index is -4.04. The van der Waals surface area contributed by atoms with Crippen LogP contribution in [0.4, 0.5) is 0 Å². The number of benzene rings is 4. The summed E-state index contributed by atoms with van der Waals surface area (Å²) in [6.45, 7) is 26.5. The van der Waals surface area contributed by atoms with E-state index in [1.807, 2.05) is 0 Å². The smallest absolute Gasteiger partial charge is 1.00 e. The second kappa shape index (κ2) is 15.2. The standard InChI is InChI=1S/C21H25.C10H17Si.2C7H5Cl.2ClH.Zr/c1-20(2,3)16-7-9-18-14(12-16)11-15-13-17(21(4,5)6)8-10-19(15)18;1-8-6-9(2)10(7-8)11(3,4)5;2*1-6-2-4-7(8)5-3-6;;;/h7-13H,1-6H3;7-8H,1-5H3;2*1-5H;2*1H;/q;;;;;;+2/p-2. The average molecular weight is 854 g/mol. The molecule has 0 radical (unpaired) electrons. The Morgan fingerprint density at radius 1 is 0.627 bits per heavy atom. The first-order valence-electron chi connectivity index (χ1n) is 17.8. The van der Waals surface area contributed by atoms with Crippen LogP contribution in [0.3, 0.4) is 0 Å². The topological polar surface area (TPSA) is 0 Å². The van der Waals surface area contributed by atoms with Crippen LogP contribution in [0.5, 0.6) is 0 Å². The third-order valence-corrected chi connectivity index (χ3v) is 25.6. The first kappa shape index (κ1) is 42.1. The van der Waals surface area contributed by atoms with E-state index in [1.54, 1.807) is 14.1 Å². The monoisotopic (exact) mass is 850 g/mol. The van der Waals surface area contributed by atoms with Gasteiger partial charge in [-0.3, -0.25) is 0 Å². The van der Waals surface area contributed by atoms with Crippen molar-refractivity contribution in [1.29, 1.82) is 0 Å². The number of hydrogen-bond donors (Lipinski definition) is 0. The van der Waals surface area contributed by atoms with Crippen molar-refractivity contribution < 1.29 is 44.1 Å².